The molecular weight excluding hydrogens is 368 g/mol. The van der Waals surface area contributed by atoms with Crippen LogP contribution in [0.4, 0.5) is 17.6 Å². The predicted octanol–water partition coefficient (Wildman–Crippen LogP) is 3.88. The van der Waals surface area contributed by atoms with Crippen LogP contribution >= 0.6 is 0 Å². The Morgan fingerprint density at radius 3 is 1.81 bits per heavy atom. The molecule has 2 aliphatic rings. The summed E-state index contributed by atoms with van der Waals surface area (Å²) in [6.45, 7) is 6.05. The Hall–Kier alpha value is -1.67. The first kappa shape index (κ1) is 20.1. The van der Waals surface area contributed by atoms with Crippen LogP contribution in [0.2, 0.25) is 0 Å². The molecule has 0 N–H and O–H groups in total. The van der Waals surface area contributed by atoms with E-state index in [4.69, 9.17) is 9.47 Å². The summed E-state index contributed by atoms with van der Waals surface area (Å²) >= 11 is 0. The third-order valence-corrected chi connectivity index (χ3v) is 5.64. The van der Waals surface area contributed by atoms with Gasteiger partial charge in [-0.25, -0.2) is 17.6 Å². The minimum atomic E-state index is -1.59. The minimum Gasteiger partial charge on any atom is -0.460 e. The van der Waals surface area contributed by atoms with Gasteiger partial charge in [0, 0.05) is 13.0 Å². The van der Waals surface area contributed by atoms with Gasteiger partial charge in [-0.2, -0.15) is 0 Å². The summed E-state index contributed by atoms with van der Waals surface area (Å²) in [4.78, 5) is 12.4. The predicted molar refractivity (Wildman–Crippen MR) is 86.5 cm³/mol. The average Bonchev–Trinajstić information content (AvgIpc) is 3.40. The van der Waals surface area contributed by atoms with Crippen LogP contribution < -0.4 is 0 Å². The first-order valence-corrected chi connectivity index (χ1v) is 8.62. The van der Waals surface area contributed by atoms with Crippen LogP contribution in [0, 0.1) is 40.5 Å². The molecule has 0 radical (unpaired) electrons. The number of benzene rings is 1. The Kier molecular flexibility index (Phi) is 4.79. The van der Waals surface area contributed by atoms with Gasteiger partial charge in [-0.15, -0.1) is 0 Å². The van der Waals surface area contributed by atoms with Gasteiger partial charge in [-0.1, -0.05) is 13.8 Å². The minimum absolute atomic E-state index is 0.0766. The Morgan fingerprint density at radius 2 is 1.41 bits per heavy atom. The van der Waals surface area contributed by atoms with Crippen molar-refractivity contribution in [3.8, 4) is 0 Å². The lowest BCUT2D eigenvalue weighted by molar-refractivity contribution is -0.147. The SMILES string of the molecule is COCc1c(F)c(F)c(COC(=O)C2C(C3OC3(C)C)C2(C)C)c(F)c1F. The highest BCUT2D eigenvalue weighted by atomic mass is 19.2. The summed E-state index contributed by atoms with van der Waals surface area (Å²) in [5, 5.41) is 0. The molecule has 1 heterocycles. The molecule has 1 aliphatic carbocycles. The van der Waals surface area contributed by atoms with Crippen molar-refractivity contribution in [2.24, 2.45) is 17.3 Å². The molecule has 150 valence electrons. The maximum Gasteiger partial charge on any atom is 0.310 e. The van der Waals surface area contributed by atoms with Crippen LogP contribution in [0.5, 0.6) is 0 Å². The average molecular weight is 390 g/mol. The summed E-state index contributed by atoms with van der Waals surface area (Å²) in [7, 11) is 1.14. The lowest BCUT2D eigenvalue weighted by Gasteiger charge is -2.12. The molecule has 3 unspecified atom stereocenters. The van der Waals surface area contributed by atoms with Crippen LogP contribution in [0.25, 0.3) is 0 Å². The van der Waals surface area contributed by atoms with Crippen LogP contribution in [0.1, 0.15) is 38.8 Å². The molecule has 1 aromatic rings. The fourth-order valence-electron chi connectivity index (χ4n) is 3.85. The molecule has 27 heavy (non-hydrogen) atoms. The molecule has 0 spiro atoms. The molecule has 0 bridgehead atoms. The molecule has 3 rings (SSSR count). The van der Waals surface area contributed by atoms with Crippen molar-refractivity contribution in [2.45, 2.75) is 52.6 Å². The van der Waals surface area contributed by atoms with E-state index in [9.17, 15) is 22.4 Å². The summed E-state index contributed by atoms with van der Waals surface area (Å²) in [6, 6.07) is 0. The molecule has 1 saturated heterocycles. The molecule has 0 aromatic heterocycles. The number of rotatable bonds is 6. The van der Waals surface area contributed by atoms with Crippen LogP contribution in [0.15, 0.2) is 0 Å². The third kappa shape index (κ3) is 3.23. The van der Waals surface area contributed by atoms with Crippen molar-refractivity contribution in [3.63, 3.8) is 0 Å². The number of methoxy groups -OCH3 is 1. The van der Waals surface area contributed by atoms with Crippen molar-refractivity contribution in [1.82, 2.24) is 0 Å². The van der Waals surface area contributed by atoms with E-state index < -0.39 is 59.5 Å². The van der Waals surface area contributed by atoms with Crippen molar-refractivity contribution in [2.75, 3.05) is 7.11 Å². The second-order valence-electron chi connectivity index (χ2n) is 8.22. The number of epoxide rings is 1. The van der Waals surface area contributed by atoms with E-state index in [2.05, 4.69) is 4.74 Å². The number of hydrogen-bond acceptors (Lipinski definition) is 4. The lowest BCUT2D eigenvalue weighted by atomic mass is 10.0. The normalized spacial score (nSPS) is 27.4. The van der Waals surface area contributed by atoms with Crippen molar-refractivity contribution < 1.29 is 36.6 Å². The van der Waals surface area contributed by atoms with Crippen molar-refractivity contribution >= 4 is 5.97 Å². The molecule has 1 aromatic carbocycles. The molecule has 2 fully saturated rings. The van der Waals surface area contributed by atoms with E-state index in [1.807, 2.05) is 27.7 Å². The highest BCUT2D eigenvalue weighted by Crippen LogP contribution is 2.66. The second-order valence-corrected chi connectivity index (χ2v) is 8.22. The Labute approximate surface area is 154 Å². The van der Waals surface area contributed by atoms with Gasteiger partial charge in [0.2, 0.25) is 0 Å². The summed E-state index contributed by atoms with van der Waals surface area (Å²) in [5.41, 5.74) is -2.51. The smallest absolute Gasteiger partial charge is 0.310 e. The molecule has 0 amide bonds. The molecule has 8 heteroatoms. The Bertz CT molecular complexity index is 761. The van der Waals surface area contributed by atoms with Gasteiger partial charge in [0.05, 0.1) is 35.4 Å². The van der Waals surface area contributed by atoms with Gasteiger partial charge in [0.1, 0.15) is 6.61 Å². The van der Waals surface area contributed by atoms with Crippen molar-refractivity contribution in [3.05, 3.63) is 34.4 Å². The van der Waals surface area contributed by atoms with E-state index in [-0.39, 0.29) is 23.0 Å². The third-order valence-electron chi connectivity index (χ3n) is 5.64. The van der Waals surface area contributed by atoms with Gasteiger partial charge in [-0.3, -0.25) is 4.79 Å². The lowest BCUT2D eigenvalue weighted by Crippen LogP contribution is -2.15. The van der Waals surface area contributed by atoms with Gasteiger partial charge in [0.25, 0.3) is 0 Å². The van der Waals surface area contributed by atoms with E-state index in [0.717, 1.165) is 7.11 Å². The number of hydrogen-bond donors (Lipinski definition) is 0. The topological polar surface area (TPSA) is 48.1 Å². The number of ether oxygens (including phenoxy) is 3. The van der Waals surface area contributed by atoms with Gasteiger partial charge in [0.15, 0.2) is 23.3 Å². The highest BCUT2D eigenvalue weighted by molar-refractivity contribution is 5.78. The summed E-state index contributed by atoms with van der Waals surface area (Å²) < 4.78 is 71.2. The van der Waals surface area contributed by atoms with E-state index in [1.54, 1.807) is 0 Å². The zero-order valence-electron chi connectivity index (χ0n) is 15.8. The largest absolute Gasteiger partial charge is 0.460 e. The first-order valence-electron chi connectivity index (χ1n) is 8.62. The highest BCUT2D eigenvalue weighted by Gasteiger charge is 2.73. The zero-order valence-corrected chi connectivity index (χ0v) is 15.8. The molecule has 4 nitrogen and oxygen atoms in total. The van der Waals surface area contributed by atoms with E-state index in [1.165, 1.54) is 0 Å². The number of esters is 1. The Balaban J connectivity index is 1.73. The first-order chi connectivity index (χ1) is 12.4. The maximum atomic E-state index is 14.1. The van der Waals surface area contributed by atoms with Gasteiger partial charge < -0.3 is 14.2 Å². The van der Waals surface area contributed by atoms with Crippen molar-refractivity contribution in [1.29, 1.82) is 0 Å². The zero-order chi connectivity index (χ0) is 20.3. The monoisotopic (exact) mass is 390 g/mol. The standard InChI is InChI=1S/C19H22F4O4/c1-18(2)10(16-19(3,4)27-16)11(18)17(24)26-7-9-14(22)12(20)8(6-25-5)13(21)15(9)23/h10-11,16H,6-7H2,1-5H3. The van der Waals surface area contributed by atoms with Crippen LogP contribution in [0.3, 0.4) is 0 Å². The van der Waals surface area contributed by atoms with Gasteiger partial charge in [-0.05, 0) is 19.3 Å². The van der Waals surface area contributed by atoms with Crippen LogP contribution in [-0.4, -0.2) is 24.8 Å². The number of carbonyl (C=O) groups excluding carboxylic acids is 1. The summed E-state index contributed by atoms with van der Waals surface area (Å²) in [5.74, 6) is -7.54. The fourth-order valence-corrected chi connectivity index (χ4v) is 3.85. The number of halogens is 4. The number of carbonyl (C=O) groups is 1. The molecule has 3 atom stereocenters. The maximum absolute atomic E-state index is 14.1. The molecule has 1 aliphatic heterocycles. The van der Waals surface area contributed by atoms with E-state index in [0.29, 0.717) is 0 Å². The molecular formula is C19H22F4O4. The van der Waals surface area contributed by atoms with Gasteiger partial charge >= 0.3 is 5.97 Å². The van der Waals surface area contributed by atoms with Crippen LogP contribution in [-0.2, 0) is 32.2 Å². The Morgan fingerprint density at radius 1 is 0.963 bits per heavy atom. The molecule has 1 saturated carbocycles. The second kappa shape index (κ2) is 6.44. The summed E-state index contributed by atoms with van der Waals surface area (Å²) in [6.07, 6.45) is -0.0956. The fraction of sp³-hybridized carbons (Fsp3) is 0.632. The van der Waals surface area contributed by atoms with E-state index >= 15 is 0 Å². The quantitative estimate of drug-likeness (QED) is 0.320.